The second-order valence-corrected chi connectivity index (χ2v) is 3.36. The van der Waals surface area contributed by atoms with Crippen molar-refractivity contribution in [2.45, 2.75) is 39.5 Å². The Labute approximate surface area is 89.9 Å². The fraction of sp³-hybridized carbons (Fsp3) is 0.636. The number of esters is 1. The van der Waals surface area contributed by atoms with Gasteiger partial charge in [-0.2, -0.15) is 0 Å². The van der Waals surface area contributed by atoms with E-state index in [9.17, 15) is 9.59 Å². The minimum absolute atomic E-state index is 0.123. The lowest BCUT2D eigenvalue weighted by atomic mass is 10.2. The summed E-state index contributed by atoms with van der Waals surface area (Å²) < 4.78 is 4.88. The molecule has 0 saturated heterocycles. The molecule has 0 spiro atoms. The van der Waals surface area contributed by atoms with Gasteiger partial charge in [-0.15, -0.1) is 0 Å². The lowest BCUT2D eigenvalue weighted by Crippen LogP contribution is -2.08. The lowest BCUT2D eigenvalue weighted by molar-refractivity contribution is -0.140. The molecular formula is C11H18O4. The van der Waals surface area contributed by atoms with Gasteiger partial charge in [0.05, 0.1) is 6.61 Å². The van der Waals surface area contributed by atoms with Crippen LogP contribution in [-0.2, 0) is 14.3 Å². The topological polar surface area (TPSA) is 63.6 Å². The van der Waals surface area contributed by atoms with Gasteiger partial charge in [-0.1, -0.05) is 26.2 Å². The van der Waals surface area contributed by atoms with Gasteiger partial charge >= 0.3 is 11.9 Å². The minimum atomic E-state index is -1.13. The summed E-state index contributed by atoms with van der Waals surface area (Å²) >= 11 is 0. The molecule has 0 atom stereocenters. The SMILES string of the molecule is CCCCCCOC(=O)/C(C)=C\C(=O)O. The first-order chi connectivity index (χ1) is 7.07. The summed E-state index contributed by atoms with van der Waals surface area (Å²) in [6.07, 6.45) is 4.98. The molecule has 0 aromatic heterocycles. The third-order valence-corrected chi connectivity index (χ3v) is 1.89. The van der Waals surface area contributed by atoms with Crippen LogP contribution < -0.4 is 0 Å². The Hall–Kier alpha value is -1.32. The van der Waals surface area contributed by atoms with Crippen molar-refractivity contribution in [3.8, 4) is 0 Å². The van der Waals surface area contributed by atoms with Gasteiger partial charge in [-0.25, -0.2) is 9.59 Å². The summed E-state index contributed by atoms with van der Waals surface area (Å²) in [6.45, 7) is 3.90. The van der Waals surface area contributed by atoms with Crippen LogP contribution in [0.2, 0.25) is 0 Å². The molecule has 0 bridgehead atoms. The van der Waals surface area contributed by atoms with Crippen molar-refractivity contribution < 1.29 is 19.4 Å². The van der Waals surface area contributed by atoms with Gasteiger partial charge in [0.15, 0.2) is 0 Å². The summed E-state index contributed by atoms with van der Waals surface area (Å²) in [5.74, 6) is -1.68. The van der Waals surface area contributed by atoms with Crippen LogP contribution in [0.1, 0.15) is 39.5 Å². The van der Waals surface area contributed by atoms with E-state index < -0.39 is 11.9 Å². The molecule has 0 heterocycles. The average molecular weight is 214 g/mol. The molecule has 0 unspecified atom stereocenters. The fourth-order valence-corrected chi connectivity index (χ4v) is 1.05. The van der Waals surface area contributed by atoms with E-state index in [2.05, 4.69) is 6.92 Å². The number of rotatable bonds is 7. The number of carbonyl (C=O) groups excluding carboxylic acids is 1. The molecule has 15 heavy (non-hydrogen) atoms. The van der Waals surface area contributed by atoms with Crippen LogP contribution in [0.25, 0.3) is 0 Å². The molecule has 0 radical (unpaired) electrons. The number of hydrogen-bond donors (Lipinski definition) is 1. The maximum Gasteiger partial charge on any atom is 0.333 e. The molecule has 0 aliphatic carbocycles. The smallest absolute Gasteiger partial charge is 0.333 e. The predicted molar refractivity (Wildman–Crippen MR) is 56.5 cm³/mol. The van der Waals surface area contributed by atoms with E-state index in [-0.39, 0.29) is 5.57 Å². The highest BCUT2D eigenvalue weighted by Crippen LogP contribution is 2.01. The van der Waals surface area contributed by atoms with Crippen LogP contribution in [0.3, 0.4) is 0 Å². The molecule has 0 saturated carbocycles. The number of carboxylic acids is 1. The number of aliphatic carboxylic acids is 1. The summed E-state index contributed by atoms with van der Waals surface area (Å²) in [6, 6.07) is 0. The molecular weight excluding hydrogens is 196 g/mol. The van der Waals surface area contributed by atoms with E-state index >= 15 is 0 Å². The largest absolute Gasteiger partial charge is 0.478 e. The molecule has 86 valence electrons. The van der Waals surface area contributed by atoms with E-state index in [0.29, 0.717) is 6.61 Å². The normalized spacial score (nSPS) is 11.2. The number of carbonyl (C=O) groups is 2. The van der Waals surface area contributed by atoms with Crippen LogP contribution in [0.15, 0.2) is 11.6 Å². The zero-order valence-electron chi connectivity index (χ0n) is 9.28. The van der Waals surface area contributed by atoms with Crippen molar-refractivity contribution in [3.63, 3.8) is 0 Å². The molecule has 4 heteroatoms. The lowest BCUT2D eigenvalue weighted by Gasteiger charge is -2.03. The minimum Gasteiger partial charge on any atom is -0.478 e. The monoisotopic (exact) mass is 214 g/mol. The first kappa shape index (κ1) is 13.7. The van der Waals surface area contributed by atoms with Gasteiger partial charge in [0.1, 0.15) is 0 Å². The van der Waals surface area contributed by atoms with Crippen molar-refractivity contribution in [2.24, 2.45) is 0 Å². The maximum atomic E-state index is 11.2. The second kappa shape index (κ2) is 8.03. The molecule has 0 fully saturated rings. The third-order valence-electron chi connectivity index (χ3n) is 1.89. The zero-order valence-corrected chi connectivity index (χ0v) is 9.28. The Balaban J connectivity index is 3.70. The Morgan fingerprint density at radius 2 is 1.93 bits per heavy atom. The van der Waals surface area contributed by atoms with Crippen molar-refractivity contribution in [3.05, 3.63) is 11.6 Å². The summed E-state index contributed by atoms with van der Waals surface area (Å²) in [7, 11) is 0. The van der Waals surface area contributed by atoms with Crippen LogP contribution >= 0.6 is 0 Å². The highest BCUT2D eigenvalue weighted by molar-refractivity contribution is 5.95. The molecule has 0 aliphatic rings. The van der Waals surface area contributed by atoms with E-state index in [1.165, 1.54) is 6.92 Å². The van der Waals surface area contributed by atoms with Crippen molar-refractivity contribution in [1.29, 1.82) is 0 Å². The summed E-state index contributed by atoms with van der Waals surface area (Å²) in [4.78, 5) is 21.4. The second-order valence-electron chi connectivity index (χ2n) is 3.36. The quantitative estimate of drug-likeness (QED) is 0.400. The Bertz CT molecular complexity index is 243. The van der Waals surface area contributed by atoms with Gasteiger partial charge in [-0.05, 0) is 13.3 Å². The third kappa shape index (κ3) is 7.73. The van der Waals surface area contributed by atoms with Gasteiger partial charge < -0.3 is 9.84 Å². The standard InChI is InChI=1S/C11H18O4/c1-3-4-5-6-7-15-11(14)9(2)8-10(12)13/h8H,3-7H2,1-2H3,(H,12,13)/b9-8-. The number of ether oxygens (including phenoxy) is 1. The molecule has 0 rings (SSSR count). The predicted octanol–water partition coefficient (Wildman–Crippen LogP) is 2.14. The summed E-state index contributed by atoms with van der Waals surface area (Å²) in [5.41, 5.74) is 0.123. The molecule has 0 amide bonds. The summed E-state index contributed by atoms with van der Waals surface area (Å²) in [5, 5.41) is 8.39. The molecule has 1 N–H and O–H groups in total. The van der Waals surface area contributed by atoms with Crippen molar-refractivity contribution in [1.82, 2.24) is 0 Å². The molecule has 4 nitrogen and oxygen atoms in total. The number of unbranched alkanes of at least 4 members (excludes halogenated alkanes) is 3. The van der Waals surface area contributed by atoms with Crippen LogP contribution in [0, 0.1) is 0 Å². The van der Waals surface area contributed by atoms with E-state index in [0.717, 1.165) is 31.8 Å². The van der Waals surface area contributed by atoms with Crippen molar-refractivity contribution >= 4 is 11.9 Å². The number of carboxylic acid groups (broad SMARTS) is 1. The highest BCUT2D eigenvalue weighted by atomic mass is 16.5. The van der Waals surface area contributed by atoms with Crippen molar-refractivity contribution in [2.75, 3.05) is 6.61 Å². The van der Waals surface area contributed by atoms with Gasteiger partial charge in [0, 0.05) is 11.6 Å². The maximum absolute atomic E-state index is 11.2. The molecule has 0 aliphatic heterocycles. The highest BCUT2D eigenvalue weighted by Gasteiger charge is 2.06. The fourth-order valence-electron chi connectivity index (χ4n) is 1.05. The van der Waals surface area contributed by atoms with Gasteiger partial charge in [0.2, 0.25) is 0 Å². The number of hydrogen-bond acceptors (Lipinski definition) is 3. The van der Waals surface area contributed by atoms with E-state index in [4.69, 9.17) is 9.84 Å². The Morgan fingerprint density at radius 1 is 1.27 bits per heavy atom. The van der Waals surface area contributed by atoms with E-state index in [1.807, 2.05) is 0 Å². The zero-order chi connectivity index (χ0) is 11.7. The van der Waals surface area contributed by atoms with E-state index in [1.54, 1.807) is 0 Å². The van der Waals surface area contributed by atoms with Crippen LogP contribution in [0.4, 0.5) is 0 Å². The molecule has 0 aromatic carbocycles. The first-order valence-electron chi connectivity index (χ1n) is 5.16. The molecule has 0 aromatic rings. The van der Waals surface area contributed by atoms with Crippen LogP contribution in [-0.4, -0.2) is 23.7 Å². The van der Waals surface area contributed by atoms with Gasteiger partial charge in [-0.3, -0.25) is 0 Å². The Morgan fingerprint density at radius 3 is 2.47 bits per heavy atom. The Kier molecular flexibility index (Phi) is 7.32. The van der Waals surface area contributed by atoms with Crippen LogP contribution in [0.5, 0.6) is 0 Å². The average Bonchev–Trinajstić information content (AvgIpc) is 2.16. The first-order valence-corrected chi connectivity index (χ1v) is 5.16. The van der Waals surface area contributed by atoms with Gasteiger partial charge in [0.25, 0.3) is 0 Å².